The normalized spacial score (nSPS) is 21.3. The van der Waals surface area contributed by atoms with Crippen LogP contribution in [-0.4, -0.2) is 53.4 Å². The molecule has 0 aliphatic carbocycles. The van der Waals surface area contributed by atoms with Crippen LogP contribution in [0.25, 0.3) is 0 Å². The van der Waals surface area contributed by atoms with E-state index in [-0.39, 0.29) is 18.2 Å². The monoisotopic (exact) mass is 397 g/mol. The van der Waals surface area contributed by atoms with Gasteiger partial charge in [-0.1, -0.05) is 23.9 Å². The Morgan fingerprint density at radius 2 is 2.13 bits per heavy atom. The van der Waals surface area contributed by atoms with Crippen LogP contribution < -0.4 is 5.32 Å². The van der Waals surface area contributed by atoms with Crippen molar-refractivity contribution in [1.82, 2.24) is 4.90 Å². The zero-order valence-corrected chi connectivity index (χ0v) is 14.7. The number of benzene rings is 1. The number of halogens is 1. The van der Waals surface area contributed by atoms with Crippen LogP contribution in [0, 0.1) is 0 Å². The van der Waals surface area contributed by atoms with Gasteiger partial charge in [-0.2, -0.15) is 4.99 Å². The number of rotatable bonds is 3. The number of hydrogen-bond donors (Lipinski definition) is 1. The van der Waals surface area contributed by atoms with Gasteiger partial charge in [0.2, 0.25) is 5.91 Å². The number of thioether (sulfide) groups is 1. The van der Waals surface area contributed by atoms with Crippen molar-refractivity contribution in [3.63, 3.8) is 0 Å². The van der Waals surface area contributed by atoms with E-state index in [9.17, 15) is 9.59 Å². The Bertz CT molecular complexity index is 647. The summed E-state index contributed by atoms with van der Waals surface area (Å²) in [6, 6.07) is 7.38. The lowest BCUT2D eigenvalue weighted by Crippen LogP contribution is -2.39. The molecule has 2 heterocycles. The number of hydrogen-bond acceptors (Lipinski definition) is 5. The highest BCUT2D eigenvalue weighted by Gasteiger charge is 2.33. The van der Waals surface area contributed by atoms with Crippen LogP contribution in [0.2, 0.25) is 0 Å². The number of carbonyl (C=O) groups excluding carboxylic acids is 2. The van der Waals surface area contributed by atoms with E-state index in [1.54, 1.807) is 6.07 Å². The quantitative estimate of drug-likeness (QED) is 0.845. The largest absolute Gasteiger partial charge is 0.378 e. The Morgan fingerprint density at radius 1 is 1.39 bits per heavy atom. The highest BCUT2D eigenvalue weighted by atomic mass is 79.9. The van der Waals surface area contributed by atoms with Gasteiger partial charge in [-0.3, -0.25) is 9.59 Å². The summed E-state index contributed by atoms with van der Waals surface area (Å²) < 4.78 is 6.10. The van der Waals surface area contributed by atoms with Gasteiger partial charge in [-0.25, -0.2) is 0 Å². The molecular weight excluding hydrogens is 382 g/mol. The van der Waals surface area contributed by atoms with Crippen molar-refractivity contribution in [2.24, 2.45) is 4.99 Å². The molecule has 0 radical (unpaired) electrons. The third-order valence-corrected chi connectivity index (χ3v) is 5.43. The Kier molecular flexibility index (Phi) is 5.34. The van der Waals surface area contributed by atoms with Gasteiger partial charge >= 0.3 is 0 Å². The summed E-state index contributed by atoms with van der Waals surface area (Å²) in [5, 5.41) is 3.07. The maximum absolute atomic E-state index is 12.2. The number of ether oxygens (including phenoxy) is 1. The fourth-order valence-electron chi connectivity index (χ4n) is 2.33. The molecule has 1 N–H and O–H groups in total. The lowest BCUT2D eigenvalue weighted by atomic mass is 10.2. The third-order valence-electron chi connectivity index (χ3n) is 3.53. The fraction of sp³-hybridized carbons (Fsp3) is 0.400. The summed E-state index contributed by atoms with van der Waals surface area (Å²) in [5.41, 5.74) is 0.697. The highest BCUT2D eigenvalue weighted by Crippen LogP contribution is 2.28. The number of nitrogens with zero attached hydrogens (tertiary/aromatic N) is 2. The van der Waals surface area contributed by atoms with E-state index in [4.69, 9.17) is 4.74 Å². The fourth-order valence-corrected chi connectivity index (χ4v) is 3.83. The maximum Gasteiger partial charge on any atom is 0.262 e. The second-order valence-electron chi connectivity index (χ2n) is 5.17. The van der Waals surface area contributed by atoms with E-state index < -0.39 is 5.25 Å². The Balaban J connectivity index is 1.56. The van der Waals surface area contributed by atoms with Crippen molar-refractivity contribution in [2.75, 3.05) is 31.6 Å². The van der Waals surface area contributed by atoms with E-state index in [0.717, 1.165) is 17.6 Å². The second kappa shape index (κ2) is 7.46. The molecule has 1 saturated heterocycles. The van der Waals surface area contributed by atoms with Crippen LogP contribution in [-0.2, 0) is 14.3 Å². The molecule has 122 valence electrons. The van der Waals surface area contributed by atoms with Crippen LogP contribution in [0.3, 0.4) is 0 Å². The van der Waals surface area contributed by atoms with Crippen molar-refractivity contribution in [2.45, 2.75) is 11.7 Å². The van der Waals surface area contributed by atoms with Crippen LogP contribution >= 0.6 is 27.7 Å². The first kappa shape index (κ1) is 16.5. The number of para-hydroxylation sites is 1. The molecule has 6 nitrogen and oxygen atoms in total. The van der Waals surface area contributed by atoms with Gasteiger partial charge in [0.25, 0.3) is 5.91 Å². The topological polar surface area (TPSA) is 71.0 Å². The summed E-state index contributed by atoms with van der Waals surface area (Å²) in [7, 11) is 0. The molecule has 1 unspecified atom stereocenters. The summed E-state index contributed by atoms with van der Waals surface area (Å²) in [4.78, 5) is 30.3. The molecular formula is C15H16BrN3O3S. The molecule has 2 amide bonds. The van der Waals surface area contributed by atoms with E-state index in [1.165, 1.54) is 11.8 Å². The van der Waals surface area contributed by atoms with E-state index in [0.29, 0.717) is 24.1 Å². The number of morpholine rings is 1. The zero-order valence-electron chi connectivity index (χ0n) is 12.3. The second-order valence-corrected chi connectivity index (χ2v) is 7.19. The lowest BCUT2D eigenvalue weighted by molar-refractivity contribution is -0.121. The number of amidine groups is 1. The molecule has 0 aromatic heterocycles. The van der Waals surface area contributed by atoms with Crippen molar-refractivity contribution >= 4 is 50.4 Å². The van der Waals surface area contributed by atoms with Crippen molar-refractivity contribution in [3.8, 4) is 0 Å². The zero-order chi connectivity index (χ0) is 16.2. The van der Waals surface area contributed by atoms with Gasteiger partial charge in [0.15, 0.2) is 5.17 Å². The average molecular weight is 398 g/mol. The molecule has 2 aliphatic heterocycles. The molecule has 0 saturated carbocycles. The lowest BCUT2D eigenvalue weighted by Gasteiger charge is -2.27. The predicted octanol–water partition coefficient (Wildman–Crippen LogP) is 2.11. The van der Waals surface area contributed by atoms with Gasteiger partial charge in [-0.05, 0) is 28.1 Å². The standard InChI is InChI=1S/C15H16BrN3O3S/c16-10-3-1-2-4-11(10)17-13(20)9-12-14(21)18-15(23-12)19-5-7-22-8-6-19/h1-4,12H,5-9H2,(H,17,20). The van der Waals surface area contributed by atoms with Gasteiger partial charge in [-0.15, -0.1) is 0 Å². The summed E-state index contributed by atoms with van der Waals surface area (Å²) in [5.74, 6) is -0.431. The average Bonchev–Trinajstić information content (AvgIpc) is 2.91. The van der Waals surface area contributed by atoms with Gasteiger partial charge in [0.05, 0.1) is 18.9 Å². The first-order valence-corrected chi connectivity index (χ1v) is 8.97. The van der Waals surface area contributed by atoms with Crippen LogP contribution in [0.15, 0.2) is 33.7 Å². The summed E-state index contributed by atoms with van der Waals surface area (Å²) >= 11 is 4.75. The molecule has 0 spiro atoms. The van der Waals surface area contributed by atoms with Crippen LogP contribution in [0.1, 0.15) is 6.42 Å². The smallest absolute Gasteiger partial charge is 0.262 e. The van der Waals surface area contributed by atoms with Crippen molar-refractivity contribution in [3.05, 3.63) is 28.7 Å². The number of anilines is 1. The van der Waals surface area contributed by atoms with E-state index in [1.807, 2.05) is 23.1 Å². The molecule has 1 aromatic rings. The van der Waals surface area contributed by atoms with Crippen LogP contribution in [0.4, 0.5) is 5.69 Å². The SMILES string of the molecule is O=C(CC1SC(N2CCOCC2)=NC1=O)Nc1ccccc1Br. The number of nitrogens with one attached hydrogen (secondary N) is 1. The molecule has 1 aromatic carbocycles. The van der Waals surface area contributed by atoms with Crippen molar-refractivity contribution in [1.29, 1.82) is 0 Å². The third kappa shape index (κ3) is 4.13. The minimum Gasteiger partial charge on any atom is -0.378 e. The predicted molar refractivity (Wildman–Crippen MR) is 93.6 cm³/mol. The van der Waals surface area contributed by atoms with Gasteiger partial charge < -0.3 is 15.0 Å². The van der Waals surface area contributed by atoms with Crippen LogP contribution in [0.5, 0.6) is 0 Å². The van der Waals surface area contributed by atoms with Crippen molar-refractivity contribution < 1.29 is 14.3 Å². The molecule has 2 aliphatic rings. The van der Waals surface area contributed by atoms with E-state index >= 15 is 0 Å². The first-order chi connectivity index (χ1) is 11.1. The highest BCUT2D eigenvalue weighted by molar-refractivity contribution is 9.10. The number of amides is 2. The molecule has 23 heavy (non-hydrogen) atoms. The number of carbonyl (C=O) groups is 2. The Labute approximate surface area is 146 Å². The molecule has 0 bridgehead atoms. The summed E-state index contributed by atoms with van der Waals surface area (Å²) in [6.45, 7) is 2.74. The minimum absolute atomic E-state index is 0.113. The van der Waals surface area contributed by atoms with E-state index in [2.05, 4.69) is 26.2 Å². The van der Waals surface area contributed by atoms with Gasteiger partial charge in [0, 0.05) is 24.0 Å². The number of aliphatic imine (C=N–C) groups is 1. The van der Waals surface area contributed by atoms with Gasteiger partial charge in [0.1, 0.15) is 5.25 Å². The Morgan fingerprint density at radius 3 is 2.87 bits per heavy atom. The molecule has 3 rings (SSSR count). The maximum atomic E-state index is 12.2. The minimum atomic E-state index is -0.449. The molecule has 8 heteroatoms. The summed E-state index contributed by atoms with van der Waals surface area (Å²) in [6.07, 6.45) is 0.113. The Hall–Kier alpha value is -1.38. The first-order valence-electron chi connectivity index (χ1n) is 7.30. The molecule has 1 atom stereocenters. The molecule has 1 fully saturated rings.